The lowest BCUT2D eigenvalue weighted by molar-refractivity contribution is 0.274. The molecule has 1 atom stereocenters. The standard InChI is InChI=1S/C24H21FN2/c25-24(13-12-22-10-4-5-15-26-22)14-16-27(19-24)23-11-6-9-21(18-23)17-20-7-2-1-3-8-20/h1-11,15,18H,14,16-17,19H2. The van der Waals surface area contributed by atoms with E-state index in [1.165, 1.54) is 11.1 Å². The molecule has 0 N–H and O–H groups in total. The van der Waals surface area contributed by atoms with Crippen LogP contribution in [0.25, 0.3) is 0 Å². The molecule has 1 saturated heterocycles. The van der Waals surface area contributed by atoms with Gasteiger partial charge in [-0.3, -0.25) is 0 Å². The molecular weight excluding hydrogens is 335 g/mol. The normalized spacial score (nSPS) is 18.8. The van der Waals surface area contributed by atoms with E-state index in [4.69, 9.17) is 0 Å². The summed E-state index contributed by atoms with van der Waals surface area (Å²) in [6, 6.07) is 24.3. The summed E-state index contributed by atoms with van der Waals surface area (Å²) in [5, 5.41) is 0. The van der Waals surface area contributed by atoms with Crippen molar-refractivity contribution in [3.8, 4) is 11.8 Å². The third-order valence-corrected chi connectivity index (χ3v) is 4.83. The molecule has 0 amide bonds. The first-order valence-electron chi connectivity index (χ1n) is 9.21. The van der Waals surface area contributed by atoms with Crippen LogP contribution in [0.4, 0.5) is 10.1 Å². The van der Waals surface area contributed by atoms with Crippen LogP contribution in [0.5, 0.6) is 0 Å². The van der Waals surface area contributed by atoms with Gasteiger partial charge in [-0.25, -0.2) is 9.37 Å². The SMILES string of the molecule is FC1(C#Cc2ccccn2)CCN(c2cccc(Cc3ccccc3)c2)C1. The Labute approximate surface area is 159 Å². The van der Waals surface area contributed by atoms with E-state index >= 15 is 4.39 Å². The average Bonchev–Trinajstić information content (AvgIpc) is 3.11. The van der Waals surface area contributed by atoms with Crippen molar-refractivity contribution in [2.75, 3.05) is 18.0 Å². The fourth-order valence-electron chi connectivity index (χ4n) is 3.40. The third-order valence-electron chi connectivity index (χ3n) is 4.83. The molecule has 0 bridgehead atoms. The molecule has 0 radical (unpaired) electrons. The number of pyridine rings is 1. The van der Waals surface area contributed by atoms with Gasteiger partial charge >= 0.3 is 0 Å². The van der Waals surface area contributed by atoms with Gasteiger partial charge in [0.15, 0.2) is 5.67 Å². The monoisotopic (exact) mass is 356 g/mol. The number of halogens is 1. The molecule has 1 unspecified atom stereocenters. The Kier molecular flexibility index (Phi) is 4.89. The Bertz CT molecular complexity index is 960. The van der Waals surface area contributed by atoms with Crippen molar-refractivity contribution in [2.45, 2.75) is 18.5 Å². The van der Waals surface area contributed by atoms with Crippen molar-refractivity contribution in [2.24, 2.45) is 0 Å². The maximum atomic E-state index is 15.1. The molecule has 4 rings (SSSR count). The molecule has 1 aliphatic rings. The Balaban J connectivity index is 1.47. The van der Waals surface area contributed by atoms with Gasteiger partial charge in [0.25, 0.3) is 0 Å². The predicted octanol–water partition coefficient (Wildman–Crippen LogP) is 4.64. The first-order valence-corrected chi connectivity index (χ1v) is 9.21. The minimum Gasteiger partial charge on any atom is -0.367 e. The topological polar surface area (TPSA) is 16.1 Å². The number of benzene rings is 2. The van der Waals surface area contributed by atoms with Gasteiger partial charge in [0, 0.05) is 24.8 Å². The zero-order valence-electron chi connectivity index (χ0n) is 15.1. The summed E-state index contributed by atoms with van der Waals surface area (Å²) in [6.45, 7) is 0.962. The summed E-state index contributed by atoms with van der Waals surface area (Å²) in [6.07, 6.45) is 2.96. The van der Waals surface area contributed by atoms with Crippen LogP contribution in [0.3, 0.4) is 0 Å². The Hall–Kier alpha value is -3.12. The van der Waals surface area contributed by atoms with Crippen LogP contribution in [0.15, 0.2) is 79.0 Å². The van der Waals surface area contributed by atoms with E-state index in [0.717, 1.165) is 12.1 Å². The number of hydrogen-bond acceptors (Lipinski definition) is 2. The van der Waals surface area contributed by atoms with E-state index in [-0.39, 0.29) is 0 Å². The summed E-state index contributed by atoms with van der Waals surface area (Å²) in [5.41, 5.74) is 2.68. The molecule has 0 spiro atoms. The highest BCUT2D eigenvalue weighted by Crippen LogP contribution is 2.30. The molecule has 0 aliphatic carbocycles. The molecule has 2 heterocycles. The zero-order valence-corrected chi connectivity index (χ0v) is 15.1. The highest BCUT2D eigenvalue weighted by atomic mass is 19.1. The third kappa shape index (κ3) is 4.35. The van der Waals surface area contributed by atoms with Crippen molar-refractivity contribution in [1.29, 1.82) is 0 Å². The molecule has 1 aliphatic heterocycles. The highest BCUT2D eigenvalue weighted by molar-refractivity contribution is 5.52. The van der Waals surface area contributed by atoms with Crippen molar-refractivity contribution in [3.05, 3.63) is 95.8 Å². The molecule has 0 saturated carbocycles. The van der Waals surface area contributed by atoms with E-state index in [0.29, 0.717) is 25.2 Å². The molecule has 3 heteroatoms. The Morgan fingerprint density at radius 1 is 0.963 bits per heavy atom. The summed E-state index contributed by atoms with van der Waals surface area (Å²) in [7, 11) is 0. The lowest BCUT2D eigenvalue weighted by Gasteiger charge is -2.20. The van der Waals surface area contributed by atoms with Gasteiger partial charge in [0.05, 0.1) is 6.54 Å². The molecule has 134 valence electrons. The van der Waals surface area contributed by atoms with Gasteiger partial charge in [-0.2, -0.15) is 0 Å². The van der Waals surface area contributed by atoms with Crippen molar-refractivity contribution in [3.63, 3.8) is 0 Å². The van der Waals surface area contributed by atoms with Gasteiger partial charge in [-0.1, -0.05) is 54.5 Å². The summed E-state index contributed by atoms with van der Waals surface area (Å²) in [4.78, 5) is 6.23. The minimum atomic E-state index is -1.49. The molecule has 2 nitrogen and oxygen atoms in total. The largest absolute Gasteiger partial charge is 0.367 e. The Morgan fingerprint density at radius 2 is 1.78 bits per heavy atom. The first kappa shape index (κ1) is 17.3. The van der Waals surface area contributed by atoms with Gasteiger partial charge < -0.3 is 4.90 Å². The zero-order chi connectivity index (χ0) is 18.5. The summed E-state index contributed by atoms with van der Waals surface area (Å²) < 4.78 is 15.1. The second-order valence-corrected chi connectivity index (χ2v) is 6.93. The van der Waals surface area contributed by atoms with E-state index in [1.54, 1.807) is 12.3 Å². The van der Waals surface area contributed by atoms with E-state index in [2.05, 4.69) is 58.1 Å². The van der Waals surface area contributed by atoms with Crippen LogP contribution in [0.1, 0.15) is 23.2 Å². The molecule has 1 fully saturated rings. The van der Waals surface area contributed by atoms with Crippen molar-refractivity contribution >= 4 is 5.69 Å². The summed E-state index contributed by atoms with van der Waals surface area (Å²) >= 11 is 0. The fraction of sp³-hybridized carbons (Fsp3) is 0.208. The lowest BCUT2D eigenvalue weighted by Crippen LogP contribution is -2.27. The maximum absolute atomic E-state index is 15.1. The number of alkyl halides is 1. The molecule has 27 heavy (non-hydrogen) atoms. The molecule has 2 aromatic carbocycles. The van der Waals surface area contributed by atoms with Crippen LogP contribution in [0.2, 0.25) is 0 Å². The quantitative estimate of drug-likeness (QED) is 0.636. The number of nitrogens with zero attached hydrogens (tertiary/aromatic N) is 2. The number of hydrogen-bond donors (Lipinski definition) is 0. The second-order valence-electron chi connectivity index (χ2n) is 6.93. The highest BCUT2D eigenvalue weighted by Gasteiger charge is 2.37. The fourth-order valence-corrected chi connectivity index (χ4v) is 3.40. The van der Waals surface area contributed by atoms with Gasteiger partial charge in [0.1, 0.15) is 5.69 Å². The number of aromatic nitrogens is 1. The molecule has 3 aromatic rings. The van der Waals surface area contributed by atoms with Crippen LogP contribution in [-0.2, 0) is 6.42 Å². The predicted molar refractivity (Wildman–Crippen MR) is 107 cm³/mol. The van der Waals surface area contributed by atoms with E-state index in [1.807, 2.05) is 30.3 Å². The minimum absolute atomic E-state index is 0.293. The van der Waals surface area contributed by atoms with E-state index < -0.39 is 5.67 Å². The van der Waals surface area contributed by atoms with Gasteiger partial charge in [-0.15, -0.1) is 0 Å². The van der Waals surface area contributed by atoms with Crippen LogP contribution in [0, 0.1) is 11.8 Å². The lowest BCUT2D eigenvalue weighted by atomic mass is 10.0. The number of rotatable bonds is 3. The van der Waals surface area contributed by atoms with Crippen LogP contribution < -0.4 is 4.90 Å². The first-order chi connectivity index (χ1) is 13.2. The van der Waals surface area contributed by atoms with Gasteiger partial charge in [0.2, 0.25) is 0 Å². The second kappa shape index (κ2) is 7.63. The van der Waals surface area contributed by atoms with Crippen molar-refractivity contribution in [1.82, 2.24) is 4.98 Å². The Morgan fingerprint density at radius 3 is 2.59 bits per heavy atom. The summed E-state index contributed by atoms with van der Waals surface area (Å²) in [5.74, 6) is 5.69. The van der Waals surface area contributed by atoms with E-state index in [9.17, 15) is 0 Å². The van der Waals surface area contributed by atoms with Gasteiger partial charge in [-0.05, 0) is 47.7 Å². The maximum Gasteiger partial charge on any atom is 0.190 e. The molecular formula is C24H21FN2. The van der Waals surface area contributed by atoms with Crippen molar-refractivity contribution < 1.29 is 4.39 Å². The average molecular weight is 356 g/mol. The smallest absolute Gasteiger partial charge is 0.190 e. The molecule has 1 aromatic heterocycles. The van der Waals surface area contributed by atoms with Crippen LogP contribution in [-0.4, -0.2) is 23.7 Å². The van der Waals surface area contributed by atoms with Crippen LogP contribution >= 0.6 is 0 Å². The number of anilines is 1.